The molecule has 0 fully saturated rings. The molecule has 0 atom stereocenters. The second kappa shape index (κ2) is 5.96. The van der Waals surface area contributed by atoms with E-state index >= 15 is 0 Å². The Labute approximate surface area is 147 Å². The molecule has 1 aliphatic rings. The van der Waals surface area contributed by atoms with Gasteiger partial charge in [-0.25, -0.2) is 0 Å². The number of hydrogen-bond acceptors (Lipinski definition) is 6. The zero-order valence-corrected chi connectivity index (χ0v) is 14.6. The lowest BCUT2D eigenvalue weighted by Gasteiger charge is -2.15. The van der Waals surface area contributed by atoms with Gasteiger partial charge in [-0.05, 0) is 42.5 Å². The Balaban J connectivity index is 1.64. The molecule has 4 rings (SSSR count). The highest BCUT2D eigenvalue weighted by atomic mass is 32.1. The van der Waals surface area contributed by atoms with Crippen LogP contribution in [0.2, 0.25) is 0 Å². The van der Waals surface area contributed by atoms with Crippen molar-refractivity contribution in [3.63, 3.8) is 0 Å². The third-order valence-corrected chi connectivity index (χ3v) is 5.41. The summed E-state index contributed by atoms with van der Waals surface area (Å²) in [5.41, 5.74) is 1.62. The zero-order valence-electron chi connectivity index (χ0n) is 13.8. The molecule has 2 aromatic heterocycles. The summed E-state index contributed by atoms with van der Waals surface area (Å²) in [6.45, 7) is 2.62. The second-order valence-corrected chi connectivity index (χ2v) is 7.08. The second-order valence-electron chi connectivity index (χ2n) is 6.02. The van der Waals surface area contributed by atoms with Crippen LogP contribution in [0.25, 0.3) is 10.1 Å². The minimum Gasteiger partial charge on any atom is -0.351 e. The summed E-state index contributed by atoms with van der Waals surface area (Å²) in [4.78, 5) is 31.1. The molecule has 0 unspecified atom stereocenters. The predicted molar refractivity (Wildman–Crippen MR) is 92.7 cm³/mol. The lowest BCUT2D eigenvalue weighted by Crippen LogP contribution is -2.30. The number of rotatable bonds is 3. The number of carbonyl (C=O) groups is 2. The van der Waals surface area contributed by atoms with E-state index in [2.05, 4.69) is 15.5 Å². The van der Waals surface area contributed by atoms with Crippen LogP contribution in [0.3, 0.4) is 0 Å². The maximum absolute atomic E-state index is 12.7. The normalized spacial score (nSPS) is 13.6. The van der Waals surface area contributed by atoms with Crippen molar-refractivity contribution < 1.29 is 14.1 Å². The molecule has 1 aliphatic heterocycles. The van der Waals surface area contributed by atoms with Gasteiger partial charge in [0.25, 0.3) is 11.8 Å². The Morgan fingerprint density at radius 3 is 3.04 bits per heavy atom. The van der Waals surface area contributed by atoms with Gasteiger partial charge < -0.3 is 14.7 Å². The van der Waals surface area contributed by atoms with Crippen LogP contribution in [0, 0.1) is 6.92 Å². The van der Waals surface area contributed by atoms with Gasteiger partial charge in [0.15, 0.2) is 5.82 Å². The molecule has 3 heterocycles. The molecule has 2 amide bonds. The molecule has 0 radical (unpaired) electrons. The number of thiophene rings is 1. The van der Waals surface area contributed by atoms with E-state index < -0.39 is 0 Å². The first-order valence-electron chi connectivity index (χ1n) is 7.91. The quantitative estimate of drug-likeness (QED) is 0.777. The highest BCUT2D eigenvalue weighted by molar-refractivity contribution is 7.21. The summed E-state index contributed by atoms with van der Waals surface area (Å²) >= 11 is 1.47. The average Bonchev–Trinajstić information content (AvgIpc) is 3.18. The van der Waals surface area contributed by atoms with E-state index in [9.17, 15) is 9.59 Å². The van der Waals surface area contributed by atoms with Crippen LogP contribution in [0.15, 0.2) is 22.7 Å². The van der Waals surface area contributed by atoms with Crippen molar-refractivity contribution in [3.8, 4) is 0 Å². The first-order valence-corrected chi connectivity index (χ1v) is 8.73. The fourth-order valence-corrected chi connectivity index (χ4v) is 4.14. The summed E-state index contributed by atoms with van der Waals surface area (Å²) in [7, 11) is 1.70. The predicted octanol–water partition coefficient (Wildman–Crippen LogP) is 2.15. The highest BCUT2D eigenvalue weighted by Gasteiger charge is 2.23. The Hall–Kier alpha value is -2.74. The molecule has 0 bridgehead atoms. The number of aromatic nitrogens is 2. The number of benzene rings is 1. The molecule has 128 valence electrons. The van der Waals surface area contributed by atoms with Gasteiger partial charge in [0.1, 0.15) is 0 Å². The summed E-state index contributed by atoms with van der Waals surface area (Å²) in [6, 6.07) is 5.57. The molecule has 3 aromatic rings. The van der Waals surface area contributed by atoms with Crippen molar-refractivity contribution in [2.24, 2.45) is 0 Å². The van der Waals surface area contributed by atoms with Crippen molar-refractivity contribution in [2.45, 2.75) is 19.9 Å². The third-order valence-electron chi connectivity index (χ3n) is 4.19. The molecule has 1 aromatic carbocycles. The molecule has 0 saturated carbocycles. The largest absolute Gasteiger partial charge is 0.351 e. The number of carbonyl (C=O) groups excluding carboxylic acids is 2. The molecule has 25 heavy (non-hydrogen) atoms. The van der Waals surface area contributed by atoms with Gasteiger partial charge in [-0.15, -0.1) is 11.3 Å². The maximum Gasteiger partial charge on any atom is 0.261 e. The lowest BCUT2D eigenvalue weighted by molar-refractivity contribution is 0.0769. The van der Waals surface area contributed by atoms with E-state index in [0.717, 1.165) is 26.9 Å². The fraction of sp³-hybridized carbons (Fsp3) is 0.294. The number of aryl methyl sites for hydroxylation is 1. The molecule has 8 heteroatoms. The summed E-state index contributed by atoms with van der Waals surface area (Å²) in [6.07, 6.45) is 0.788. The summed E-state index contributed by atoms with van der Waals surface area (Å²) < 4.78 is 6.09. The lowest BCUT2D eigenvalue weighted by atomic mass is 10.0. The fourth-order valence-electron chi connectivity index (χ4n) is 2.99. The molecule has 1 N–H and O–H groups in total. The molecule has 0 saturated heterocycles. The number of nitrogens with one attached hydrogen (secondary N) is 1. The summed E-state index contributed by atoms with van der Waals surface area (Å²) in [5, 5.41) is 7.58. The Kier molecular flexibility index (Phi) is 3.76. The van der Waals surface area contributed by atoms with Crippen molar-refractivity contribution in [1.82, 2.24) is 20.4 Å². The minimum atomic E-state index is -0.127. The van der Waals surface area contributed by atoms with E-state index in [4.69, 9.17) is 4.52 Å². The molecular weight excluding hydrogens is 340 g/mol. The average molecular weight is 356 g/mol. The van der Waals surface area contributed by atoms with Crippen LogP contribution < -0.4 is 5.32 Å². The van der Waals surface area contributed by atoms with Crippen molar-refractivity contribution in [3.05, 3.63) is 45.9 Å². The van der Waals surface area contributed by atoms with Crippen LogP contribution in [0.1, 0.15) is 37.3 Å². The first-order chi connectivity index (χ1) is 12.0. The molecular formula is C17H16N4O3S. The highest BCUT2D eigenvalue weighted by Crippen LogP contribution is 2.34. The zero-order chi connectivity index (χ0) is 17.6. The third kappa shape index (κ3) is 2.78. The molecule has 7 nitrogen and oxygen atoms in total. The Morgan fingerprint density at radius 2 is 2.28 bits per heavy atom. The Bertz CT molecular complexity index is 991. The standard InChI is InChI=1S/C17H16N4O3S/c1-9-19-14(24-20-9)8-21(2)17(23)10-3-4-13-12(7-10)11-5-6-18-16(22)15(11)25-13/h3-4,7H,5-6,8H2,1-2H3,(H,18,22). The van der Waals surface area contributed by atoms with Crippen LogP contribution in [-0.2, 0) is 13.0 Å². The van der Waals surface area contributed by atoms with Crippen LogP contribution in [-0.4, -0.2) is 40.4 Å². The Morgan fingerprint density at radius 1 is 1.44 bits per heavy atom. The van der Waals surface area contributed by atoms with Gasteiger partial charge in [-0.3, -0.25) is 9.59 Å². The van der Waals surface area contributed by atoms with Crippen molar-refractivity contribution >= 4 is 33.2 Å². The van der Waals surface area contributed by atoms with Gasteiger partial charge in [-0.2, -0.15) is 4.98 Å². The molecule has 0 spiro atoms. The van der Waals surface area contributed by atoms with E-state index in [1.165, 1.54) is 11.3 Å². The first kappa shape index (κ1) is 15.8. The van der Waals surface area contributed by atoms with Crippen LogP contribution in [0.4, 0.5) is 0 Å². The maximum atomic E-state index is 12.7. The van der Waals surface area contributed by atoms with Crippen LogP contribution >= 0.6 is 11.3 Å². The monoisotopic (exact) mass is 356 g/mol. The van der Waals surface area contributed by atoms with E-state index in [-0.39, 0.29) is 18.4 Å². The molecule has 0 aliphatic carbocycles. The van der Waals surface area contributed by atoms with Crippen LogP contribution in [0.5, 0.6) is 0 Å². The number of hydrogen-bond donors (Lipinski definition) is 1. The summed E-state index contributed by atoms with van der Waals surface area (Å²) in [5.74, 6) is 0.789. The van der Waals surface area contributed by atoms with Gasteiger partial charge in [0.05, 0.1) is 11.4 Å². The van der Waals surface area contributed by atoms with Gasteiger partial charge in [0, 0.05) is 23.9 Å². The topological polar surface area (TPSA) is 88.3 Å². The van der Waals surface area contributed by atoms with Gasteiger partial charge >= 0.3 is 0 Å². The number of fused-ring (bicyclic) bond motifs is 3. The smallest absolute Gasteiger partial charge is 0.261 e. The SMILES string of the molecule is Cc1noc(CN(C)C(=O)c2ccc3sc4c(c3c2)CCNC4=O)n1. The van der Waals surface area contributed by atoms with E-state index in [1.54, 1.807) is 24.9 Å². The minimum absolute atomic E-state index is 0.0285. The van der Waals surface area contributed by atoms with Gasteiger partial charge in [-0.1, -0.05) is 5.16 Å². The van der Waals surface area contributed by atoms with Crippen molar-refractivity contribution in [1.29, 1.82) is 0 Å². The van der Waals surface area contributed by atoms with Gasteiger partial charge in [0.2, 0.25) is 5.89 Å². The van der Waals surface area contributed by atoms with E-state index in [0.29, 0.717) is 23.8 Å². The number of amides is 2. The van der Waals surface area contributed by atoms with Crippen molar-refractivity contribution in [2.75, 3.05) is 13.6 Å². The number of nitrogens with zero attached hydrogens (tertiary/aromatic N) is 3. The van der Waals surface area contributed by atoms with E-state index in [1.807, 2.05) is 12.1 Å².